The molecular weight excluding hydrogens is 314 g/mol. The average Bonchev–Trinajstić information content (AvgIpc) is 2.73. The summed E-state index contributed by atoms with van der Waals surface area (Å²) < 4.78 is 0. The quantitative estimate of drug-likeness (QED) is 0.359. The maximum absolute atomic E-state index is 3.54. The van der Waals surface area contributed by atoms with Crippen LogP contribution < -0.4 is 4.90 Å². The topological polar surface area (TPSA) is 3.24 Å². The summed E-state index contributed by atoms with van der Waals surface area (Å²) in [5, 5.41) is 0. The lowest BCUT2D eigenvalue weighted by Crippen LogP contribution is -2.22. The van der Waals surface area contributed by atoms with Crippen LogP contribution in [0.25, 0.3) is 0 Å². The molecule has 1 aliphatic heterocycles. The molecule has 0 amide bonds. The minimum atomic E-state index is 0.198. The molecule has 0 bridgehead atoms. The van der Waals surface area contributed by atoms with Crippen molar-refractivity contribution in [2.24, 2.45) is 0 Å². The second-order valence-corrected chi connectivity index (χ2v) is 6.54. The van der Waals surface area contributed by atoms with Crippen LogP contribution in [0.1, 0.15) is 22.6 Å². The number of hydrogen-bond donors (Lipinski definition) is 0. The van der Waals surface area contributed by atoms with Crippen LogP contribution in [0.4, 0.5) is 17.1 Å². The van der Waals surface area contributed by atoms with Crippen LogP contribution in [-0.4, -0.2) is 0 Å². The normalized spacial score (nSPS) is 13.2. The Labute approximate surface area is 154 Å². The van der Waals surface area contributed by atoms with Gasteiger partial charge in [-0.1, -0.05) is 78.9 Å². The first-order chi connectivity index (χ1) is 12.9. The van der Waals surface area contributed by atoms with Crippen molar-refractivity contribution in [3.8, 4) is 0 Å². The van der Waals surface area contributed by atoms with Crippen LogP contribution in [0, 0.1) is 6.07 Å². The van der Waals surface area contributed by atoms with Gasteiger partial charge in [0.2, 0.25) is 0 Å². The van der Waals surface area contributed by atoms with Crippen LogP contribution in [0.2, 0.25) is 0 Å². The zero-order valence-electron chi connectivity index (χ0n) is 14.3. The second-order valence-electron chi connectivity index (χ2n) is 6.54. The fraction of sp³-hybridized carbons (Fsp3) is 0.0400. The summed E-state index contributed by atoms with van der Waals surface area (Å²) in [5.74, 6) is 0.198. The zero-order chi connectivity index (χ0) is 17.3. The van der Waals surface area contributed by atoms with Gasteiger partial charge in [-0.2, -0.15) is 0 Å². The number of nitrogens with zero attached hydrogens (tertiary/aromatic N) is 1. The van der Waals surface area contributed by atoms with Crippen molar-refractivity contribution in [2.75, 3.05) is 4.90 Å². The molecule has 0 saturated carbocycles. The molecule has 1 unspecified atom stereocenters. The van der Waals surface area contributed by atoms with E-state index >= 15 is 0 Å². The molecule has 0 aromatic heterocycles. The van der Waals surface area contributed by atoms with Crippen LogP contribution in [0.15, 0.2) is 103 Å². The van der Waals surface area contributed by atoms with E-state index in [0.717, 1.165) is 0 Å². The van der Waals surface area contributed by atoms with E-state index in [1.807, 2.05) is 6.07 Å². The van der Waals surface area contributed by atoms with Gasteiger partial charge in [0.1, 0.15) is 0 Å². The van der Waals surface area contributed by atoms with E-state index in [2.05, 4.69) is 108 Å². The van der Waals surface area contributed by atoms with Gasteiger partial charge in [0.15, 0.2) is 0 Å². The monoisotopic (exact) mass is 332 g/mol. The summed E-state index contributed by atoms with van der Waals surface area (Å²) in [7, 11) is 0. The highest BCUT2D eigenvalue weighted by atomic mass is 15.2. The summed E-state index contributed by atoms with van der Waals surface area (Å²) in [5.41, 5.74) is 7.45. The van der Waals surface area contributed by atoms with Crippen molar-refractivity contribution in [3.05, 3.63) is 126 Å². The van der Waals surface area contributed by atoms with E-state index in [1.54, 1.807) is 0 Å². The Kier molecular flexibility index (Phi) is 3.57. The number of para-hydroxylation sites is 2. The van der Waals surface area contributed by atoms with Gasteiger partial charge < -0.3 is 4.90 Å². The molecule has 1 heterocycles. The Balaban J connectivity index is 1.80. The minimum absolute atomic E-state index is 0.198. The highest BCUT2D eigenvalue weighted by molar-refractivity contribution is 5.85. The fourth-order valence-electron chi connectivity index (χ4n) is 3.93. The van der Waals surface area contributed by atoms with Crippen LogP contribution in [0.5, 0.6) is 0 Å². The van der Waals surface area contributed by atoms with Crippen molar-refractivity contribution in [1.82, 2.24) is 0 Å². The SMILES string of the molecule is [c]1cccc2c1C(c1ccccc1)c1ccccc1N2c1ccccc1. The van der Waals surface area contributed by atoms with Gasteiger partial charge >= 0.3 is 0 Å². The summed E-state index contributed by atoms with van der Waals surface area (Å²) in [4.78, 5) is 2.35. The lowest BCUT2D eigenvalue weighted by Gasteiger charge is -2.37. The molecule has 0 fully saturated rings. The molecule has 4 aromatic carbocycles. The minimum Gasteiger partial charge on any atom is -0.310 e. The smallest absolute Gasteiger partial charge is 0.0509 e. The van der Waals surface area contributed by atoms with Crippen molar-refractivity contribution in [1.29, 1.82) is 0 Å². The largest absolute Gasteiger partial charge is 0.310 e. The molecule has 0 N–H and O–H groups in total. The molecule has 1 radical (unpaired) electrons. The molecule has 123 valence electrons. The molecule has 26 heavy (non-hydrogen) atoms. The van der Waals surface area contributed by atoms with Gasteiger partial charge in [-0.05, 0) is 47.0 Å². The van der Waals surface area contributed by atoms with E-state index in [-0.39, 0.29) is 5.92 Å². The molecule has 1 aliphatic rings. The Bertz CT molecular complexity index is 905. The Morgan fingerprint density at radius 2 is 1.27 bits per heavy atom. The molecular formula is C25H18N. The summed E-state index contributed by atoms with van der Waals surface area (Å²) >= 11 is 0. The molecule has 1 nitrogen and oxygen atoms in total. The van der Waals surface area contributed by atoms with Gasteiger partial charge in [-0.3, -0.25) is 0 Å². The summed E-state index contributed by atoms with van der Waals surface area (Å²) in [6.07, 6.45) is 0. The predicted molar refractivity (Wildman–Crippen MR) is 107 cm³/mol. The third-order valence-electron chi connectivity index (χ3n) is 5.03. The third kappa shape index (κ3) is 2.33. The number of benzene rings is 4. The number of fused-ring (bicyclic) bond motifs is 2. The maximum Gasteiger partial charge on any atom is 0.0509 e. The number of anilines is 3. The first-order valence-electron chi connectivity index (χ1n) is 8.93. The number of rotatable bonds is 2. The third-order valence-corrected chi connectivity index (χ3v) is 5.03. The Morgan fingerprint density at radius 3 is 2.08 bits per heavy atom. The first kappa shape index (κ1) is 15.0. The molecule has 4 aromatic rings. The molecule has 1 atom stereocenters. The van der Waals surface area contributed by atoms with Crippen molar-refractivity contribution in [3.63, 3.8) is 0 Å². The highest BCUT2D eigenvalue weighted by Crippen LogP contribution is 2.50. The van der Waals surface area contributed by atoms with E-state index in [0.29, 0.717) is 0 Å². The second kappa shape index (κ2) is 6.20. The molecule has 0 spiro atoms. The van der Waals surface area contributed by atoms with Crippen LogP contribution in [0.3, 0.4) is 0 Å². The lowest BCUT2D eigenvalue weighted by molar-refractivity contribution is 0.936. The van der Waals surface area contributed by atoms with Gasteiger partial charge in [0, 0.05) is 11.6 Å². The predicted octanol–water partition coefficient (Wildman–Crippen LogP) is 6.45. The van der Waals surface area contributed by atoms with Crippen molar-refractivity contribution in [2.45, 2.75) is 5.92 Å². The lowest BCUT2D eigenvalue weighted by atomic mass is 9.80. The van der Waals surface area contributed by atoms with Crippen molar-refractivity contribution >= 4 is 17.1 Å². The van der Waals surface area contributed by atoms with Gasteiger partial charge in [0.25, 0.3) is 0 Å². The molecule has 0 aliphatic carbocycles. The fourth-order valence-corrected chi connectivity index (χ4v) is 3.93. The maximum atomic E-state index is 3.54. The Morgan fingerprint density at radius 1 is 0.615 bits per heavy atom. The first-order valence-corrected chi connectivity index (χ1v) is 8.93. The number of hydrogen-bond acceptors (Lipinski definition) is 1. The summed E-state index contributed by atoms with van der Waals surface area (Å²) in [6.45, 7) is 0. The van der Waals surface area contributed by atoms with Crippen molar-refractivity contribution < 1.29 is 0 Å². The zero-order valence-corrected chi connectivity index (χ0v) is 14.3. The molecule has 1 heteroatoms. The van der Waals surface area contributed by atoms with E-state index in [4.69, 9.17) is 0 Å². The van der Waals surface area contributed by atoms with Gasteiger partial charge in [-0.15, -0.1) is 0 Å². The van der Waals surface area contributed by atoms with Gasteiger partial charge in [0.05, 0.1) is 11.4 Å². The average molecular weight is 332 g/mol. The van der Waals surface area contributed by atoms with E-state index < -0.39 is 0 Å². The highest BCUT2D eigenvalue weighted by Gasteiger charge is 2.31. The van der Waals surface area contributed by atoms with E-state index in [1.165, 1.54) is 33.8 Å². The molecule has 5 rings (SSSR count). The van der Waals surface area contributed by atoms with Crippen LogP contribution >= 0.6 is 0 Å². The molecule has 0 saturated heterocycles. The van der Waals surface area contributed by atoms with E-state index in [9.17, 15) is 0 Å². The Hall–Kier alpha value is -3.32. The summed E-state index contributed by atoms with van der Waals surface area (Å²) in [6, 6.07) is 39.8. The van der Waals surface area contributed by atoms with Crippen LogP contribution in [-0.2, 0) is 0 Å². The standard InChI is InChI=1S/C25H18N/c1-3-11-19(12-4-1)25-21-15-7-9-17-23(21)26(20-13-5-2-6-14-20)24-18-10-8-16-22(24)25/h1-15,17-18,25H. The van der Waals surface area contributed by atoms with Gasteiger partial charge in [-0.25, -0.2) is 0 Å².